The first-order valence-corrected chi connectivity index (χ1v) is 8.27. The van der Waals surface area contributed by atoms with E-state index in [-0.39, 0.29) is 11.9 Å². The standard InChI is InChI=1S/C19H22N4O2/c1-12-10-13(2)23(21-12)11-17-15(4)25-22-18(17)19(24)20-14(3)16-8-6-5-7-9-16/h5-10,14H,11H2,1-4H3,(H,20,24). The molecule has 0 aliphatic carbocycles. The molecule has 25 heavy (non-hydrogen) atoms. The lowest BCUT2D eigenvalue weighted by Gasteiger charge is -2.14. The van der Waals surface area contributed by atoms with Crippen LogP contribution in [0.5, 0.6) is 0 Å². The molecule has 2 aromatic heterocycles. The van der Waals surface area contributed by atoms with Crippen LogP contribution in [0.4, 0.5) is 0 Å². The topological polar surface area (TPSA) is 73.0 Å². The van der Waals surface area contributed by atoms with Gasteiger partial charge in [-0.15, -0.1) is 0 Å². The molecule has 0 bridgehead atoms. The summed E-state index contributed by atoms with van der Waals surface area (Å²) in [6.45, 7) is 8.14. The number of carbonyl (C=O) groups excluding carboxylic acids is 1. The van der Waals surface area contributed by atoms with Gasteiger partial charge >= 0.3 is 0 Å². The molecule has 0 saturated carbocycles. The molecule has 1 N–H and O–H groups in total. The number of nitrogens with one attached hydrogen (secondary N) is 1. The fourth-order valence-corrected chi connectivity index (χ4v) is 2.83. The van der Waals surface area contributed by atoms with Gasteiger partial charge in [-0.25, -0.2) is 0 Å². The Morgan fingerprint density at radius 3 is 2.60 bits per heavy atom. The molecule has 0 saturated heterocycles. The summed E-state index contributed by atoms with van der Waals surface area (Å²) in [5.74, 6) is 0.384. The van der Waals surface area contributed by atoms with Crippen molar-refractivity contribution in [1.29, 1.82) is 0 Å². The number of hydrogen-bond donors (Lipinski definition) is 1. The third-order valence-corrected chi connectivity index (χ3v) is 4.26. The van der Waals surface area contributed by atoms with Crippen LogP contribution in [-0.4, -0.2) is 20.8 Å². The van der Waals surface area contributed by atoms with Gasteiger partial charge in [-0.1, -0.05) is 35.5 Å². The van der Waals surface area contributed by atoms with E-state index in [1.54, 1.807) is 0 Å². The Balaban J connectivity index is 1.81. The predicted molar refractivity (Wildman–Crippen MR) is 94.4 cm³/mol. The second kappa shape index (κ2) is 6.93. The van der Waals surface area contributed by atoms with Gasteiger partial charge in [-0.05, 0) is 39.3 Å². The molecule has 2 heterocycles. The third-order valence-electron chi connectivity index (χ3n) is 4.26. The first-order valence-electron chi connectivity index (χ1n) is 8.27. The second-order valence-electron chi connectivity index (χ2n) is 6.26. The van der Waals surface area contributed by atoms with Crippen LogP contribution in [0.2, 0.25) is 0 Å². The molecule has 3 aromatic rings. The van der Waals surface area contributed by atoms with E-state index in [1.165, 1.54) is 0 Å². The molecule has 3 rings (SSSR count). The third kappa shape index (κ3) is 3.63. The molecule has 6 heteroatoms. The van der Waals surface area contributed by atoms with Gasteiger partial charge in [-0.2, -0.15) is 5.10 Å². The lowest BCUT2D eigenvalue weighted by atomic mass is 10.1. The van der Waals surface area contributed by atoms with E-state index in [0.29, 0.717) is 18.0 Å². The zero-order valence-electron chi connectivity index (χ0n) is 14.9. The van der Waals surface area contributed by atoms with E-state index in [9.17, 15) is 4.79 Å². The molecule has 1 atom stereocenters. The average Bonchev–Trinajstić information content (AvgIpc) is 3.11. The number of aryl methyl sites for hydroxylation is 3. The maximum absolute atomic E-state index is 12.7. The highest BCUT2D eigenvalue weighted by Crippen LogP contribution is 2.18. The van der Waals surface area contributed by atoms with Crippen LogP contribution in [0.25, 0.3) is 0 Å². The fourth-order valence-electron chi connectivity index (χ4n) is 2.83. The summed E-state index contributed by atoms with van der Waals surface area (Å²) >= 11 is 0. The quantitative estimate of drug-likeness (QED) is 0.774. The van der Waals surface area contributed by atoms with Crippen molar-refractivity contribution in [3.63, 3.8) is 0 Å². The smallest absolute Gasteiger partial charge is 0.274 e. The molecule has 0 radical (unpaired) electrons. The first-order chi connectivity index (χ1) is 12.0. The monoisotopic (exact) mass is 338 g/mol. The van der Waals surface area contributed by atoms with E-state index in [4.69, 9.17) is 4.52 Å². The van der Waals surface area contributed by atoms with E-state index < -0.39 is 0 Å². The van der Waals surface area contributed by atoms with E-state index in [2.05, 4.69) is 15.6 Å². The van der Waals surface area contributed by atoms with E-state index >= 15 is 0 Å². The molecular weight excluding hydrogens is 316 g/mol. The minimum absolute atomic E-state index is 0.118. The summed E-state index contributed by atoms with van der Waals surface area (Å²) in [5.41, 5.74) is 4.07. The molecule has 6 nitrogen and oxygen atoms in total. The highest BCUT2D eigenvalue weighted by molar-refractivity contribution is 5.94. The predicted octanol–water partition coefficient (Wildman–Crippen LogP) is 3.34. The normalized spacial score (nSPS) is 12.2. The summed E-state index contributed by atoms with van der Waals surface area (Å²) in [5, 5.41) is 11.4. The number of amides is 1. The number of benzene rings is 1. The molecule has 1 amide bonds. The van der Waals surface area contributed by atoms with Crippen molar-refractivity contribution in [3.8, 4) is 0 Å². The number of aromatic nitrogens is 3. The zero-order valence-corrected chi connectivity index (χ0v) is 14.9. The Labute approximate surface area is 146 Å². The SMILES string of the molecule is Cc1cc(C)n(Cc2c(C(=O)NC(C)c3ccccc3)noc2C)n1. The van der Waals surface area contributed by atoms with Crippen LogP contribution in [0.1, 0.15) is 51.7 Å². The van der Waals surface area contributed by atoms with Crippen LogP contribution in [0, 0.1) is 20.8 Å². The zero-order chi connectivity index (χ0) is 18.0. The van der Waals surface area contributed by atoms with Gasteiger partial charge in [0.25, 0.3) is 5.91 Å². The highest BCUT2D eigenvalue weighted by atomic mass is 16.5. The fraction of sp³-hybridized carbons (Fsp3) is 0.316. The number of rotatable bonds is 5. The van der Waals surface area contributed by atoms with Crippen LogP contribution >= 0.6 is 0 Å². The average molecular weight is 338 g/mol. The van der Waals surface area contributed by atoms with Gasteiger partial charge in [0, 0.05) is 11.3 Å². The Morgan fingerprint density at radius 2 is 1.96 bits per heavy atom. The van der Waals surface area contributed by atoms with Crippen molar-refractivity contribution in [2.24, 2.45) is 0 Å². The molecule has 0 spiro atoms. The first kappa shape index (κ1) is 17.0. The van der Waals surface area contributed by atoms with Crippen molar-refractivity contribution in [3.05, 3.63) is 70.4 Å². The van der Waals surface area contributed by atoms with Gasteiger partial charge in [0.05, 0.1) is 18.3 Å². The van der Waals surface area contributed by atoms with Gasteiger partial charge in [0.1, 0.15) is 5.76 Å². The van der Waals surface area contributed by atoms with Crippen LogP contribution in [0.15, 0.2) is 40.9 Å². The van der Waals surface area contributed by atoms with Gasteiger partial charge in [-0.3, -0.25) is 9.48 Å². The van der Waals surface area contributed by atoms with Crippen LogP contribution in [0.3, 0.4) is 0 Å². The van der Waals surface area contributed by atoms with E-state index in [0.717, 1.165) is 22.5 Å². The number of hydrogen-bond acceptors (Lipinski definition) is 4. The van der Waals surface area contributed by atoms with Crippen molar-refractivity contribution < 1.29 is 9.32 Å². The summed E-state index contributed by atoms with van der Waals surface area (Å²) in [6.07, 6.45) is 0. The summed E-state index contributed by atoms with van der Waals surface area (Å²) < 4.78 is 7.12. The highest BCUT2D eigenvalue weighted by Gasteiger charge is 2.22. The van der Waals surface area contributed by atoms with Crippen molar-refractivity contribution >= 4 is 5.91 Å². The van der Waals surface area contributed by atoms with Gasteiger partial charge in [0.15, 0.2) is 5.69 Å². The second-order valence-corrected chi connectivity index (χ2v) is 6.26. The summed E-state index contributed by atoms with van der Waals surface area (Å²) in [4.78, 5) is 12.7. The molecular formula is C19H22N4O2. The lowest BCUT2D eigenvalue weighted by Crippen LogP contribution is -2.28. The molecule has 0 fully saturated rings. The number of carbonyl (C=O) groups is 1. The largest absolute Gasteiger partial charge is 0.361 e. The van der Waals surface area contributed by atoms with Crippen molar-refractivity contribution in [1.82, 2.24) is 20.3 Å². The maximum atomic E-state index is 12.7. The maximum Gasteiger partial charge on any atom is 0.274 e. The minimum atomic E-state index is -0.246. The number of nitrogens with zero attached hydrogens (tertiary/aromatic N) is 3. The molecule has 0 aliphatic rings. The Bertz CT molecular complexity index is 880. The Kier molecular flexibility index (Phi) is 4.70. The lowest BCUT2D eigenvalue weighted by molar-refractivity contribution is 0.0929. The Morgan fingerprint density at radius 1 is 1.24 bits per heavy atom. The Hall–Kier alpha value is -2.89. The van der Waals surface area contributed by atoms with Crippen LogP contribution < -0.4 is 5.32 Å². The molecule has 1 aromatic carbocycles. The van der Waals surface area contributed by atoms with Crippen LogP contribution in [-0.2, 0) is 6.54 Å². The van der Waals surface area contributed by atoms with Crippen molar-refractivity contribution in [2.45, 2.75) is 40.3 Å². The van der Waals surface area contributed by atoms with Gasteiger partial charge < -0.3 is 9.84 Å². The van der Waals surface area contributed by atoms with Crippen molar-refractivity contribution in [2.75, 3.05) is 0 Å². The summed E-state index contributed by atoms with van der Waals surface area (Å²) in [7, 11) is 0. The summed E-state index contributed by atoms with van der Waals surface area (Å²) in [6, 6.07) is 11.7. The molecule has 1 unspecified atom stereocenters. The minimum Gasteiger partial charge on any atom is -0.361 e. The molecule has 130 valence electrons. The van der Waals surface area contributed by atoms with E-state index in [1.807, 2.05) is 68.8 Å². The van der Waals surface area contributed by atoms with Gasteiger partial charge in [0.2, 0.25) is 0 Å². The molecule has 0 aliphatic heterocycles.